The molecule has 0 N–H and O–H groups in total. The Morgan fingerprint density at radius 2 is 1.63 bits per heavy atom. The molecule has 2 aromatic rings. The highest BCUT2D eigenvalue weighted by Gasteiger charge is 2.30. The van der Waals surface area contributed by atoms with E-state index >= 15 is 0 Å². The van der Waals surface area contributed by atoms with Crippen molar-refractivity contribution in [1.29, 1.82) is 5.26 Å². The van der Waals surface area contributed by atoms with Gasteiger partial charge in [-0.2, -0.15) is 9.57 Å². The van der Waals surface area contributed by atoms with Crippen LogP contribution in [0.15, 0.2) is 47.4 Å². The van der Waals surface area contributed by atoms with Crippen LogP contribution in [-0.4, -0.2) is 43.8 Å². The maximum absolute atomic E-state index is 13.0. The van der Waals surface area contributed by atoms with Crippen molar-refractivity contribution in [2.24, 2.45) is 0 Å². The van der Waals surface area contributed by atoms with E-state index in [0.29, 0.717) is 18.8 Å². The molecule has 30 heavy (non-hydrogen) atoms. The van der Waals surface area contributed by atoms with Gasteiger partial charge in [0.1, 0.15) is 6.07 Å². The van der Waals surface area contributed by atoms with Crippen LogP contribution in [0.5, 0.6) is 0 Å². The Balaban J connectivity index is 1.75. The molecule has 0 aliphatic carbocycles. The minimum atomic E-state index is -3.61. The predicted octanol–water partition coefficient (Wildman–Crippen LogP) is 3.27. The molecule has 9 heteroatoms. The molecule has 0 radical (unpaired) electrons. The third-order valence-corrected chi connectivity index (χ3v) is 7.16. The van der Waals surface area contributed by atoms with Gasteiger partial charge in [0, 0.05) is 38.3 Å². The van der Waals surface area contributed by atoms with Gasteiger partial charge in [-0.25, -0.2) is 8.42 Å². The molecule has 1 saturated heterocycles. The Morgan fingerprint density at radius 3 is 2.13 bits per heavy atom. The summed E-state index contributed by atoms with van der Waals surface area (Å²) in [7, 11) is -3.61. The third-order valence-electron chi connectivity index (χ3n) is 5.25. The number of piperazine rings is 1. The summed E-state index contributed by atoms with van der Waals surface area (Å²) in [5.74, 6) is 0. The highest BCUT2D eigenvalue weighted by Crippen LogP contribution is 2.28. The molecule has 0 saturated carbocycles. The number of nitrogens with zero attached hydrogens (tertiary/aromatic N) is 4. The number of benzene rings is 2. The van der Waals surface area contributed by atoms with E-state index in [-0.39, 0.29) is 34.7 Å². The molecule has 158 valence electrons. The van der Waals surface area contributed by atoms with Crippen molar-refractivity contribution in [3.8, 4) is 6.07 Å². The number of nitriles is 1. The average molecular weight is 429 g/mol. The minimum Gasteiger partial charge on any atom is -0.368 e. The first-order valence-corrected chi connectivity index (χ1v) is 11.0. The van der Waals surface area contributed by atoms with Crippen LogP contribution < -0.4 is 4.90 Å². The van der Waals surface area contributed by atoms with Gasteiger partial charge < -0.3 is 4.90 Å². The van der Waals surface area contributed by atoms with Crippen LogP contribution in [0.25, 0.3) is 0 Å². The van der Waals surface area contributed by atoms with Crippen LogP contribution in [0, 0.1) is 21.4 Å². The van der Waals surface area contributed by atoms with Crippen molar-refractivity contribution in [3.05, 3.63) is 63.7 Å². The molecule has 1 aliphatic heterocycles. The molecule has 0 unspecified atom stereocenters. The van der Waals surface area contributed by atoms with Crippen molar-refractivity contribution in [1.82, 2.24) is 4.31 Å². The predicted molar refractivity (Wildman–Crippen MR) is 114 cm³/mol. The highest BCUT2D eigenvalue weighted by molar-refractivity contribution is 7.89. The number of hydrogen-bond acceptors (Lipinski definition) is 6. The summed E-state index contributed by atoms with van der Waals surface area (Å²) >= 11 is 0. The van der Waals surface area contributed by atoms with E-state index in [0.717, 1.165) is 5.56 Å². The van der Waals surface area contributed by atoms with Gasteiger partial charge in [0.2, 0.25) is 10.0 Å². The second-order valence-corrected chi connectivity index (χ2v) is 10.2. The number of nitro groups is 1. The van der Waals surface area contributed by atoms with Gasteiger partial charge >= 0.3 is 0 Å². The van der Waals surface area contributed by atoms with Gasteiger partial charge in [0.15, 0.2) is 0 Å². The van der Waals surface area contributed by atoms with E-state index in [1.807, 2.05) is 23.1 Å². The maximum atomic E-state index is 13.0. The first kappa shape index (κ1) is 21.7. The Kier molecular flexibility index (Phi) is 5.83. The summed E-state index contributed by atoms with van der Waals surface area (Å²) in [6.45, 7) is 7.55. The van der Waals surface area contributed by atoms with Gasteiger partial charge in [-0.3, -0.25) is 10.1 Å². The largest absolute Gasteiger partial charge is 0.368 e. The van der Waals surface area contributed by atoms with Crippen molar-refractivity contribution in [2.45, 2.75) is 31.1 Å². The zero-order valence-corrected chi connectivity index (χ0v) is 18.0. The topological polar surface area (TPSA) is 108 Å². The van der Waals surface area contributed by atoms with E-state index in [1.165, 1.54) is 16.4 Å². The van der Waals surface area contributed by atoms with Gasteiger partial charge in [-0.1, -0.05) is 32.9 Å². The van der Waals surface area contributed by atoms with Gasteiger partial charge in [-0.15, -0.1) is 0 Å². The Bertz CT molecular complexity index is 1090. The minimum absolute atomic E-state index is 0.0584. The van der Waals surface area contributed by atoms with Crippen molar-refractivity contribution in [3.63, 3.8) is 0 Å². The molecule has 0 amide bonds. The number of non-ortho nitro benzene ring substituents is 1. The molecule has 1 fully saturated rings. The second kappa shape index (κ2) is 8.05. The molecule has 8 nitrogen and oxygen atoms in total. The summed E-state index contributed by atoms with van der Waals surface area (Å²) in [5, 5.41) is 20.3. The van der Waals surface area contributed by atoms with Crippen LogP contribution in [0.3, 0.4) is 0 Å². The first-order chi connectivity index (χ1) is 14.0. The molecule has 0 bridgehead atoms. The SMILES string of the molecule is CC(C)(C)c1ccc(S(=O)(=O)N2CCN(c3ccc([N+](=O)[O-])cc3C#N)CC2)cc1. The molecular formula is C21H24N4O4S. The molecule has 0 aromatic heterocycles. The average Bonchev–Trinajstić information content (AvgIpc) is 2.72. The van der Waals surface area contributed by atoms with Crippen LogP contribution in [-0.2, 0) is 15.4 Å². The molecule has 0 atom stereocenters. The molecule has 1 heterocycles. The van der Waals surface area contributed by atoms with E-state index in [2.05, 4.69) is 20.8 Å². The standard InChI is InChI=1S/C21H24N4O4S/c1-21(2,3)17-4-7-19(8-5-17)30(28,29)24-12-10-23(11-13-24)20-9-6-18(25(26)27)14-16(20)15-22/h4-9,14H,10-13H2,1-3H3. The number of anilines is 1. The van der Waals surface area contributed by atoms with E-state index in [4.69, 9.17) is 0 Å². The second-order valence-electron chi connectivity index (χ2n) is 8.24. The number of sulfonamides is 1. The quantitative estimate of drug-likeness (QED) is 0.546. The van der Waals surface area contributed by atoms with Crippen molar-refractivity contribution in [2.75, 3.05) is 31.1 Å². The van der Waals surface area contributed by atoms with E-state index in [9.17, 15) is 23.8 Å². The van der Waals surface area contributed by atoms with Gasteiger partial charge in [-0.05, 0) is 29.2 Å². The fraction of sp³-hybridized carbons (Fsp3) is 0.381. The highest BCUT2D eigenvalue weighted by atomic mass is 32.2. The maximum Gasteiger partial charge on any atom is 0.270 e. The fourth-order valence-corrected chi connectivity index (χ4v) is 4.87. The van der Waals surface area contributed by atoms with E-state index < -0.39 is 14.9 Å². The first-order valence-electron chi connectivity index (χ1n) is 9.58. The number of hydrogen-bond donors (Lipinski definition) is 0. The number of rotatable bonds is 4. The Hall–Kier alpha value is -2.96. The van der Waals surface area contributed by atoms with Gasteiger partial charge in [0.05, 0.1) is 21.1 Å². The van der Waals surface area contributed by atoms with Crippen molar-refractivity contribution >= 4 is 21.4 Å². The summed E-state index contributed by atoms with van der Waals surface area (Å²) in [6.07, 6.45) is 0. The van der Waals surface area contributed by atoms with Crippen LogP contribution >= 0.6 is 0 Å². The zero-order valence-electron chi connectivity index (χ0n) is 17.2. The lowest BCUT2D eigenvalue weighted by molar-refractivity contribution is -0.384. The van der Waals surface area contributed by atoms with Gasteiger partial charge in [0.25, 0.3) is 5.69 Å². The summed E-state index contributed by atoms with van der Waals surface area (Å²) in [6, 6.07) is 13.1. The molecular weight excluding hydrogens is 404 g/mol. The van der Waals surface area contributed by atoms with Crippen LogP contribution in [0.4, 0.5) is 11.4 Å². The van der Waals surface area contributed by atoms with E-state index in [1.54, 1.807) is 18.2 Å². The summed E-state index contributed by atoms with van der Waals surface area (Å²) in [4.78, 5) is 12.5. The monoisotopic (exact) mass is 428 g/mol. The summed E-state index contributed by atoms with van der Waals surface area (Å²) < 4.78 is 27.5. The lowest BCUT2D eigenvalue weighted by Gasteiger charge is -2.35. The Morgan fingerprint density at radius 1 is 1.03 bits per heavy atom. The number of nitro benzene ring substituents is 1. The molecule has 3 rings (SSSR count). The third kappa shape index (κ3) is 4.30. The molecule has 0 spiro atoms. The van der Waals surface area contributed by atoms with Crippen LogP contribution in [0.1, 0.15) is 31.9 Å². The zero-order chi connectivity index (χ0) is 22.1. The summed E-state index contributed by atoms with van der Waals surface area (Å²) in [5.41, 5.74) is 1.65. The fourth-order valence-electron chi connectivity index (χ4n) is 3.45. The molecule has 2 aromatic carbocycles. The normalized spacial score (nSPS) is 15.6. The van der Waals surface area contributed by atoms with Crippen molar-refractivity contribution < 1.29 is 13.3 Å². The lowest BCUT2D eigenvalue weighted by Crippen LogP contribution is -2.48. The Labute approximate surface area is 176 Å². The van der Waals surface area contributed by atoms with Crippen LogP contribution in [0.2, 0.25) is 0 Å². The lowest BCUT2D eigenvalue weighted by atomic mass is 9.87. The molecule has 1 aliphatic rings. The smallest absolute Gasteiger partial charge is 0.270 e.